The maximum absolute atomic E-state index is 12.5. The van der Waals surface area contributed by atoms with Crippen molar-refractivity contribution in [1.29, 1.82) is 0 Å². The average Bonchev–Trinajstić information content (AvgIpc) is 2.72. The Morgan fingerprint density at radius 1 is 0.743 bits per heavy atom. The van der Waals surface area contributed by atoms with Gasteiger partial charge in [-0.05, 0) is 71.9 Å². The molecule has 7 nitrogen and oxygen atoms in total. The van der Waals surface area contributed by atoms with Gasteiger partial charge in [0, 0.05) is 6.04 Å². The van der Waals surface area contributed by atoms with Crippen LogP contribution in [0.1, 0.15) is 59.1 Å². The van der Waals surface area contributed by atoms with E-state index >= 15 is 0 Å². The van der Waals surface area contributed by atoms with E-state index in [9.17, 15) is 14.7 Å². The Kier molecular flexibility index (Phi) is 10.1. The first-order chi connectivity index (χ1) is 16.3. The largest absolute Gasteiger partial charge is 0.444 e. The molecular formula is C28H40N2O5. The molecule has 0 spiro atoms. The van der Waals surface area contributed by atoms with Crippen molar-refractivity contribution in [3.8, 4) is 0 Å². The predicted octanol–water partition coefficient (Wildman–Crippen LogP) is 5.01. The Labute approximate surface area is 209 Å². The van der Waals surface area contributed by atoms with Crippen LogP contribution in [-0.4, -0.2) is 46.7 Å². The van der Waals surface area contributed by atoms with Gasteiger partial charge in [-0.3, -0.25) is 0 Å². The van der Waals surface area contributed by atoms with E-state index in [1.165, 1.54) is 0 Å². The molecule has 0 aliphatic rings. The van der Waals surface area contributed by atoms with Gasteiger partial charge >= 0.3 is 12.2 Å². The van der Waals surface area contributed by atoms with Gasteiger partial charge in [-0.1, -0.05) is 60.7 Å². The van der Waals surface area contributed by atoms with Crippen molar-refractivity contribution >= 4 is 12.2 Å². The van der Waals surface area contributed by atoms with Crippen LogP contribution in [0.4, 0.5) is 9.59 Å². The molecule has 35 heavy (non-hydrogen) atoms. The molecule has 192 valence electrons. The van der Waals surface area contributed by atoms with E-state index in [4.69, 9.17) is 9.47 Å². The van der Waals surface area contributed by atoms with Crippen LogP contribution in [0.15, 0.2) is 60.7 Å². The maximum Gasteiger partial charge on any atom is 0.407 e. The molecule has 0 saturated heterocycles. The zero-order valence-corrected chi connectivity index (χ0v) is 21.7. The molecule has 0 bridgehead atoms. The summed E-state index contributed by atoms with van der Waals surface area (Å²) in [5, 5.41) is 17.0. The summed E-state index contributed by atoms with van der Waals surface area (Å²) >= 11 is 0. The Morgan fingerprint density at radius 2 is 1.17 bits per heavy atom. The lowest BCUT2D eigenvalue weighted by molar-refractivity contribution is 0.0365. The second-order valence-electron chi connectivity index (χ2n) is 10.8. The maximum atomic E-state index is 12.5. The number of carbonyl (C=O) groups is 2. The van der Waals surface area contributed by atoms with Crippen LogP contribution >= 0.6 is 0 Å². The number of ether oxygens (including phenoxy) is 2. The molecule has 0 heterocycles. The van der Waals surface area contributed by atoms with E-state index in [1.807, 2.05) is 60.7 Å². The van der Waals surface area contributed by atoms with Crippen molar-refractivity contribution in [3.63, 3.8) is 0 Å². The van der Waals surface area contributed by atoms with Gasteiger partial charge in [0.1, 0.15) is 11.2 Å². The minimum atomic E-state index is -0.952. The molecule has 2 aromatic rings. The van der Waals surface area contributed by atoms with E-state index in [-0.39, 0.29) is 6.42 Å². The van der Waals surface area contributed by atoms with Gasteiger partial charge in [-0.25, -0.2) is 9.59 Å². The third kappa shape index (κ3) is 11.8. The molecule has 2 aromatic carbocycles. The summed E-state index contributed by atoms with van der Waals surface area (Å²) in [4.78, 5) is 25.1. The van der Waals surface area contributed by atoms with Crippen molar-refractivity contribution in [2.75, 3.05) is 0 Å². The normalized spacial score (nSPS) is 14.4. The van der Waals surface area contributed by atoms with Crippen LogP contribution in [0.3, 0.4) is 0 Å². The van der Waals surface area contributed by atoms with E-state index in [1.54, 1.807) is 41.5 Å². The van der Waals surface area contributed by atoms with E-state index in [0.29, 0.717) is 12.8 Å². The molecule has 0 fully saturated rings. The number of nitrogens with one attached hydrogen (secondary N) is 2. The van der Waals surface area contributed by atoms with Gasteiger partial charge in [0.15, 0.2) is 0 Å². The lowest BCUT2D eigenvalue weighted by atomic mass is 9.94. The van der Waals surface area contributed by atoms with Crippen LogP contribution in [0.25, 0.3) is 0 Å². The smallest absolute Gasteiger partial charge is 0.407 e. The molecule has 2 amide bonds. The Hall–Kier alpha value is -3.06. The zero-order valence-electron chi connectivity index (χ0n) is 21.7. The first kappa shape index (κ1) is 28.2. The molecule has 2 rings (SSSR count). The number of hydrogen-bond acceptors (Lipinski definition) is 5. The number of rotatable bonds is 9. The van der Waals surface area contributed by atoms with Crippen molar-refractivity contribution in [2.24, 2.45) is 0 Å². The Morgan fingerprint density at radius 3 is 1.63 bits per heavy atom. The van der Waals surface area contributed by atoms with Crippen molar-refractivity contribution in [3.05, 3.63) is 71.8 Å². The molecular weight excluding hydrogens is 444 g/mol. The van der Waals surface area contributed by atoms with Crippen LogP contribution in [0.5, 0.6) is 0 Å². The second kappa shape index (κ2) is 12.6. The molecule has 7 heteroatoms. The fourth-order valence-electron chi connectivity index (χ4n) is 3.63. The minimum absolute atomic E-state index is 0.210. The summed E-state index contributed by atoms with van der Waals surface area (Å²) in [7, 11) is 0. The lowest BCUT2D eigenvalue weighted by Gasteiger charge is -2.30. The summed E-state index contributed by atoms with van der Waals surface area (Å²) in [5.74, 6) is 0. The number of benzene rings is 2. The van der Waals surface area contributed by atoms with Gasteiger partial charge < -0.3 is 25.2 Å². The fraction of sp³-hybridized carbons (Fsp3) is 0.500. The van der Waals surface area contributed by atoms with Gasteiger partial charge in [-0.15, -0.1) is 0 Å². The second-order valence-corrected chi connectivity index (χ2v) is 10.8. The molecule has 3 atom stereocenters. The molecule has 0 saturated carbocycles. The number of hydrogen-bond donors (Lipinski definition) is 3. The van der Waals surface area contributed by atoms with E-state index < -0.39 is 41.6 Å². The van der Waals surface area contributed by atoms with Crippen molar-refractivity contribution in [1.82, 2.24) is 10.6 Å². The Bertz CT molecular complexity index is 920. The molecule has 0 aliphatic carbocycles. The summed E-state index contributed by atoms with van der Waals surface area (Å²) in [5.41, 5.74) is 0.668. The third-order valence-electron chi connectivity index (χ3n) is 5.04. The molecule has 1 unspecified atom stereocenters. The summed E-state index contributed by atoms with van der Waals surface area (Å²) in [6.07, 6.45) is -0.983. The first-order valence-corrected chi connectivity index (χ1v) is 12.1. The molecule has 0 aliphatic heterocycles. The highest BCUT2D eigenvalue weighted by Crippen LogP contribution is 2.16. The number of aliphatic hydroxyl groups is 1. The predicted molar refractivity (Wildman–Crippen MR) is 137 cm³/mol. The average molecular weight is 485 g/mol. The topological polar surface area (TPSA) is 96.9 Å². The zero-order chi connectivity index (χ0) is 26.1. The number of amides is 2. The summed E-state index contributed by atoms with van der Waals surface area (Å²) in [6.45, 7) is 10.8. The number of carbonyl (C=O) groups excluding carboxylic acids is 2. The highest BCUT2D eigenvalue weighted by molar-refractivity contribution is 5.68. The lowest BCUT2D eigenvalue weighted by Crippen LogP contribution is -2.50. The minimum Gasteiger partial charge on any atom is -0.444 e. The monoisotopic (exact) mass is 484 g/mol. The first-order valence-electron chi connectivity index (χ1n) is 12.1. The highest BCUT2D eigenvalue weighted by atomic mass is 16.6. The van der Waals surface area contributed by atoms with Gasteiger partial charge in [0.05, 0.1) is 12.1 Å². The standard InChI is InChI=1S/C28H40N2O5/c1-27(2,3)34-25(32)29-22(17-20-13-9-7-10-14-20)19-24(31)23(18-21-15-11-8-12-16-21)30-26(33)35-28(4,5)6/h7-16,22-24,31H,17-19H2,1-6H3,(H,29,32)(H,30,33)/t22-,23?,24+/m0/s1. The van der Waals surface area contributed by atoms with E-state index in [0.717, 1.165) is 11.1 Å². The number of aliphatic hydroxyl groups excluding tert-OH is 1. The van der Waals surface area contributed by atoms with E-state index in [2.05, 4.69) is 10.6 Å². The Balaban J connectivity index is 2.20. The van der Waals surface area contributed by atoms with Crippen LogP contribution in [0, 0.1) is 0 Å². The summed E-state index contributed by atoms with van der Waals surface area (Å²) in [6, 6.07) is 18.3. The molecule has 3 N–H and O–H groups in total. The van der Waals surface area contributed by atoms with Gasteiger partial charge in [-0.2, -0.15) is 0 Å². The molecule has 0 aromatic heterocycles. The quantitative estimate of drug-likeness (QED) is 0.465. The molecule has 0 radical (unpaired) electrons. The van der Waals surface area contributed by atoms with Crippen molar-refractivity contribution in [2.45, 2.75) is 90.2 Å². The number of alkyl carbamates (subject to hydrolysis) is 2. The van der Waals surface area contributed by atoms with Crippen LogP contribution < -0.4 is 10.6 Å². The van der Waals surface area contributed by atoms with Crippen LogP contribution in [0.2, 0.25) is 0 Å². The van der Waals surface area contributed by atoms with Gasteiger partial charge in [0.25, 0.3) is 0 Å². The SMILES string of the molecule is CC(C)(C)OC(=O)NC(Cc1ccccc1)[C@H](O)C[C@H](Cc1ccccc1)NC(=O)OC(C)(C)C. The highest BCUT2D eigenvalue weighted by Gasteiger charge is 2.29. The summed E-state index contributed by atoms with van der Waals surface area (Å²) < 4.78 is 10.9. The van der Waals surface area contributed by atoms with Crippen molar-refractivity contribution < 1.29 is 24.2 Å². The van der Waals surface area contributed by atoms with Gasteiger partial charge in [0.2, 0.25) is 0 Å². The van der Waals surface area contributed by atoms with Crippen LogP contribution in [-0.2, 0) is 22.3 Å². The third-order valence-corrected chi connectivity index (χ3v) is 5.04. The fourth-order valence-corrected chi connectivity index (χ4v) is 3.63.